The third-order valence-electron chi connectivity index (χ3n) is 2.77. The van der Waals surface area contributed by atoms with Crippen LogP contribution in [0.1, 0.15) is 5.69 Å². The molecule has 0 N–H and O–H groups in total. The SMILES string of the molecule is Cc1csc(-c2nc(Cl)c(-c3ccccc3Cl)c(Cl)n2)n1. The van der Waals surface area contributed by atoms with Gasteiger partial charge in [-0.2, -0.15) is 0 Å². The minimum absolute atomic E-state index is 0.256. The number of hydrogen-bond acceptors (Lipinski definition) is 4. The Morgan fingerprint density at radius 3 is 2.19 bits per heavy atom. The summed E-state index contributed by atoms with van der Waals surface area (Å²) >= 11 is 20.2. The van der Waals surface area contributed by atoms with Crippen molar-refractivity contribution in [3.63, 3.8) is 0 Å². The molecular weight excluding hydrogens is 349 g/mol. The van der Waals surface area contributed by atoms with Crippen molar-refractivity contribution in [1.82, 2.24) is 15.0 Å². The van der Waals surface area contributed by atoms with Crippen molar-refractivity contribution in [3.05, 3.63) is 50.7 Å². The maximum Gasteiger partial charge on any atom is 0.191 e. The van der Waals surface area contributed by atoms with Gasteiger partial charge in [-0.05, 0) is 13.0 Å². The van der Waals surface area contributed by atoms with E-state index in [0.717, 1.165) is 5.69 Å². The minimum Gasteiger partial charge on any atom is -0.238 e. The Kier molecular flexibility index (Phi) is 4.13. The van der Waals surface area contributed by atoms with Gasteiger partial charge in [-0.25, -0.2) is 15.0 Å². The fourth-order valence-electron chi connectivity index (χ4n) is 1.85. The Bertz CT molecular complexity index is 794. The first-order chi connectivity index (χ1) is 10.1. The first kappa shape index (κ1) is 14.7. The molecule has 1 aromatic carbocycles. The molecule has 106 valence electrons. The summed E-state index contributed by atoms with van der Waals surface area (Å²) in [6.45, 7) is 1.90. The molecule has 0 saturated heterocycles. The molecule has 0 spiro atoms. The van der Waals surface area contributed by atoms with Gasteiger partial charge in [-0.15, -0.1) is 11.3 Å². The summed E-state index contributed by atoms with van der Waals surface area (Å²) in [5, 5.41) is 3.66. The van der Waals surface area contributed by atoms with Crippen LogP contribution in [0, 0.1) is 6.92 Å². The number of benzene rings is 1. The standard InChI is InChI=1S/C14H8Cl3N3S/c1-7-6-21-14(18-7)13-19-11(16)10(12(17)20-13)8-4-2-3-5-9(8)15/h2-6H,1H3. The van der Waals surface area contributed by atoms with E-state index in [0.29, 0.717) is 27.0 Å². The highest BCUT2D eigenvalue weighted by atomic mass is 35.5. The molecule has 0 bridgehead atoms. The average Bonchev–Trinajstić information content (AvgIpc) is 2.87. The molecule has 0 saturated carbocycles. The first-order valence-electron chi connectivity index (χ1n) is 5.96. The zero-order valence-corrected chi connectivity index (χ0v) is 13.9. The zero-order valence-electron chi connectivity index (χ0n) is 10.8. The van der Waals surface area contributed by atoms with Crippen molar-refractivity contribution in [2.24, 2.45) is 0 Å². The van der Waals surface area contributed by atoms with Crippen LogP contribution >= 0.6 is 46.1 Å². The van der Waals surface area contributed by atoms with Crippen molar-refractivity contribution in [2.45, 2.75) is 6.92 Å². The van der Waals surface area contributed by atoms with Crippen molar-refractivity contribution >= 4 is 46.1 Å². The van der Waals surface area contributed by atoms with E-state index in [1.165, 1.54) is 11.3 Å². The fourth-order valence-corrected chi connectivity index (χ4v) is 3.40. The summed E-state index contributed by atoms with van der Waals surface area (Å²) in [5.41, 5.74) is 2.14. The second-order valence-electron chi connectivity index (χ2n) is 4.28. The molecule has 2 heterocycles. The molecular formula is C14H8Cl3N3S. The molecule has 0 unspecified atom stereocenters. The van der Waals surface area contributed by atoms with Crippen molar-refractivity contribution in [3.8, 4) is 22.0 Å². The predicted molar refractivity (Wildman–Crippen MR) is 88.3 cm³/mol. The lowest BCUT2D eigenvalue weighted by molar-refractivity contribution is 1.15. The second-order valence-corrected chi connectivity index (χ2v) is 6.26. The number of thiazole rings is 1. The predicted octanol–water partition coefficient (Wildman–Crippen LogP) is 5.54. The average molecular weight is 357 g/mol. The van der Waals surface area contributed by atoms with Crippen LogP contribution in [0.3, 0.4) is 0 Å². The molecule has 3 aromatic rings. The van der Waals surface area contributed by atoms with Crippen LogP contribution in [0.15, 0.2) is 29.6 Å². The van der Waals surface area contributed by atoms with Gasteiger partial charge in [-0.1, -0.05) is 53.0 Å². The Morgan fingerprint density at radius 2 is 1.62 bits per heavy atom. The fraction of sp³-hybridized carbons (Fsp3) is 0.0714. The van der Waals surface area contributed by atoms with E-state index in [1.807, 2.05) is 30.5 Å². The lowest BCUT2D eigenvalue weighted by Gasteiger charge is -2.09. The van der Waals surface area contributed by atoms with Crippen LogP contribution in [-0.4, -0.2) is 15.0 Å². The molecule has 21 heavy (non-hydrogen) atoms. The quantitative estimate of drug-likeness (QED) is 0.566. The number of nitrogens with zero attached hydrogens (tertiary/aromatic N) is 3. The van der Waals surface area contributed by atoms with E-state index in [-0.39, 0.29) is 10.3 Å². The van der Waals surface area contributed by atoms with Gasteiger partial charge in [0.2, 0.25) is 0 Å². The molecule has 3 nitrogen and oxygen atoms in total. The van der Waals surface area contributed by atoms with Crippen LogP contribution in [0.2, 0.25) is 15.3 Å². The monoisotopic (exact) mass is 355 g/mol. The van der Waals surface area contributed by atoms with E-state index < -0.39 is 0 Å². The van der Waals surface area contributed by atoms with E-state index in [1.54, 1.807) is 6.07 Å². The van der Waals surface area contributed by atoms with Gasteiger partial charge in [0.15, 0.2) is 10.8 Å². The molecule has 0 atom stereocenters. The third-order valence-corrected chi connectivity index (χ3v) is 4.61. The maximum atomic E-state index is 6.28. The van der Waals surface area contributed by atoms with E-state index in [2.05, 4.69) is 15.0 Å². The van der Waals surface area contributed by atoms with Gasteiger partial charge < -0.3 is 0 Å². The molecule has 0 amide bonds. The number of hydrogen-bond donors (Lipinski definition) is 0. The zero-order chi connectivity index (χ0) is 15.0. The van der Waals surface area contributed by atoms with Crippen molar-refractivity contribution < 1.29 is 0 Å². The lowest BCUT2D eigenvalue weighted by Crippen LogP contribution is -1.95. The lowest BCUT2D eigenvalue weighted by atomic mass is 10.1. The summed E-state index contributed by atoms with van der Waals surface area (Å²) in [7, 11) is 0. The van der Waals surface area contributed by atoms with Crippen LogP contribution in [0.25, 0.3) is 22.0 Å². The minimum atomic E-state index is 0.256. The highest BCUT2D eigenvalue weighted by molar-refractivity contribution is 7.13. The molecule has 0 aliphatic heterocycles. The van der Waals surface area contributed by atoms with E-state index in [4.69, 9.17) is 34.8 Å². The third kappa shape index (κ3) is 2.90. The Balaban J connectivity index is 2.15. The Morgan fingerprint density at radius 1 is 0.952 bits per heavy atom. The van der Waals surface area contributed by atoms with Gasteiger partial charge in [0.05, 0.1) is 5.56 Å². The summed E-state index contributed by atoms with van der Waals surface area (Å²) in [4.78, 5) is 12.9. The van der Waals surface area contributed by atoms with Gasteiger partial charge in [-0.3, -0.25) is 0 Å². The highest BCUT2D eigenvalue weighted by Gasteiger charge is 2.17. The van der Waals surface area contributed by atoms with Gasteiger partial charge in [0.1, 0.15) is 10.3 Å². The molecule has 3 rings (SSSR count). The molecule has 0 aliphatic rings. The topological polar surface area (TPSA) is 38.7 Å². The van der Waals surface area contributed by atoms with Crippen molar-refractivity contribution in [2.75, 3.05) is 0 Å². The first-order valence-corrected chi connectivity index (χ1v) is 7.98. The Labute approximate surface area is 140 Å². The summed E-state index contributed by atoms with van der Waals surface area (Å²) in [6, 6.07) is 7.28. The number of aromatic nitrogens is 3. The van der Waals surface area contributed by atoms with E-state index >= 15 is 0 Å². The summed E-state index contributed by atoms with van der Waals surface area (Å²) in [6.07, 6.45) is 0. The highest BCUT2D eigenvalue weighted by Crippen LogP contribution is 2.37. The number of rotatable bonds is 2. The van der Waals surface area contributed by atoms with Gasteiger partial charge in [0, 0.05) is 21.7 Å². The number of halogens is 3. The van der Waals surface area contributed by atoms with Crippen LogP contribution in [0.4, 0.5) is 0 Å². The molecule has 0 radical (unpaired) electrons. The molecule has 2 aromatic heterocycles. The second kappa shape index (κ2) is 5.89. The smallest absolute Gasteiger partial charge is 0.191 e. The molecule has 0 aliphatic carbocycles. The number of aryl methyl sites for hydroxylation is 1. The summed E-state index contributed by atoms with van der Waals surface area (Å²) in [5.74, 6) is 0.416. The van der Waals surface area contributed by atoms with Gasteiger partial charge in [0.25, 0.3) is 0 Å². The van der Waals surface area contributed by atoms with Crippen molar-refractivity contribution in [1.29, 1.82) is 0 Å². The van der Waals surface area contributed by atoms with Crippen LogP contribution in [0.5, 0.6) is 0 Å². The van der Waals surface area contributed by atoms with Gasteiger partial charge >= 0.3 is 0 Å². The van der Waals surface area contributed by atoms with E-state index in [9.17, 15) is 0 Å². The van der Waals surface area contributed by atoms with Crippen LogP contribution in [-0.2, 0) is 0 Å². The summed E-state index contributed by atoms with van der Waals surface area (Å²) < 4.78 is 0. The van der Waals surface area contributed by atoms with Crippen LogP contribution < -0.4 is 0 Å². The largest absolute Gasteiger partial charge is 0.238 e. The maximum absolute atomic E-state index is 6.28. The normalized spacial score (nSPS) is 10.9. The molecule has 7 heteroatoms. The Hall–Kier alpha value is -1.20. The molecule has 0 fully saturated rings.